The van der Waals surface area contributed by atoms with E-state index < -0.39 is 0 Å². The number of hydrogen-bond acceptors (Lipinski definition) is 4. The smallest absolute Gasteiger partial charge is 0.0464 e. The molecule has 0 atom stereocenters. The molecule has 0 nitrogen and oxygen atoms in total. The van der Waals surface area contributed by atoms with Crippen LogP contribution in [0.1, 0.15) is 20.9 Å². The molecule has 0 radical (unpaired) electrons. The molecule has 0 unspecified atom stereocenters. The molecule has 0 aliphatic carbocycles. The summed E-state index contributed by atoms with van der Waals surface area (Å²) in [6, 6.07) is 30.3. The molecule has 0 bridgehead atoms. The van der Waals surface area contributed by atoms with Crippen LogP contribution >= 0.6 is 45.3 Å². The summed E-state index contributed by atoms with van der Waals surface area (Å²) >= 11 is 7.54. The lowest BCUT2D eigenvalue weighted by Crippen LogP contribution is -1.67. The van der Waals surface area contributed by atoms with Crippen LogP contribution < -0.4 is 0 Å². The van der Waals surface area contributed by atoms with E-state index in [1.54, 1.807) is 0 Å². The Kier molecular flexibility index (Phi) is 5.37. The molecule has 0 saturated heterocycles. The predicted octanol–water partition coefficient (Wildman–Crippen LogP) is 10.2. The summed E-state index contributed by atoms with van der Waals surface area (Å²) in [5.74, 6) is 0. The van der Waals surface area contributed by atoms with Gasteiger partial charge in [-0.15, -0.1) is 45.3 Å². The van der Waals surface area contributed by atoms with Crippen LogP contribution in [0.2, 0.25) is 0 Å². The molecular formula is C28H18S4. The Balaban J connectivity index is 1.22. The van der Waals surface area contributed by atoms with E-state index in [9.17, 15) is 0 Å². The van der Waals surface area contributed by atoms with Gasteiger partial charge in [-0.05, 0) is 47.5 Å². The highest BCUT2D eigenvalue weighted by Gasteiger charge is 2.12. The zero-order valence-corrected chi connectivity index (χ0v) is 20.3. The highest BCUT2D eigenvalue weighted by Crippen LogP contribution is 2.44. The maximum absolute atomic E-state index is 2.36. The van der Waals surface area contributed by atoms with E-state index in [0.29, 0.717) is 0 Å². The highest BCUT2D eigenvalue weighted by atomic mass is 32.1. The molecule has 154 valence electrons. The number of hydrogen-bond donors (Lipinski definition) is 0. The second-order valence-corrected chi connectivity index (χ2v) is 11.9. The predicted molar refractivity (Wildman–Crippen MR) is 149 cm³/mol. The van der Waals surface area contributed by atoms with Crippen molar-refractivity contribution in [1.82, 2.24) is 0 Å². The molecule has 32 heavy (non-hydrogen) atoms. The van der Waals surface area contributed by atoms with Crippen molar-refractivity contribution in [1.29, 1.82) is 0 Å². The number of fused-ring (bicyclic) bond motifs is 2. The van der Waals surface area contributed by atoms with Crippen LogP contribution in [0, 0.1) is 0 Å². The Labute approximate surface area is 203 Å². The van der Waals surface area contributed by atoms with Crippen LogP contribution in [-0.4, -0.2) is 0 Å². The van der Waals surface area contributed by atoms with Crippen molar-refractivity contribution >= 4 is 88.5 Å². The molecule has 6 aromatic rings. The van der Waals surface area contributed by atoms with E-state index in [-0.39, 0.29) is 0 Å². The second-order valence-electron chi connectivity index (χ2n) is 7.46. The molecule has 0 saturated carbocycles. The Hall–Kier alpha value is -2.76. The fourth-order valence-corrected chi connectivity index (χ4v) is 8.29. The normalized spacial score (nSPS) is 12.1. The molecule has 0 amide bonds. The molecule has 2 aromatic carbocycles. The van der Waals surface area contributed by atoms with E-state index in [1.807, 2.05) is 45.3 Å². The van der Waals surface area contributed by atoms with Gasteiger partial charge in [0.05, 0.1) is 0 Å². The topological polar surface area (TPSA) is 0 Å². The fourth-order valence-electron chi connectivity index (χ4n) is 3.60. The minimum absolute atomic E-state index is 1.24. The lowest BCUT2D eigenvalue weighted by molar-refractivity contribution is 1.67. The molecular weight excluding hydrogens is 465 g/mol. The monoisotopic (exact) mass is 482 g/mol. The van der Waals surface area contributed by atoms with Crippen LogP contribution in [-0.2, 0) is 0 Å². The number of rotatable bonds is 5. The van der Waals surface area contributed by atoms with Crippen molar-refractivity contribution in [3.8, 4) is 9.75 Å². The fraction of sp³-hybridized carbons (Fsp3) is 0. The molecule has 0 aliphatic rings. The van der Waals surface area contributed by atoms with Gasteiger partial charge in [-0.2, -0.15) is 0 Å². The Morgan fingerprint density at radius 3 is 1.22 bits per heavy atom. The van der Waals surface area contributed by atoms with Gasteiger partial charge in [0.15, 0.2) is 0 Å². The van der Waals surface area contributed by atoms with Gasteiger partial charge in [0.25, 0.3) is 0 Å². The molecule has 4 heteroatoms. The molecule has 0 N–H and O–H groups in total. The van der Waals surface area contributed by atoms with E-state index in [4.69, 9.17) is 0 Å². The summed E-state index contributed by atoms with van der Waals surface area (Å²) in [4.78, 5) is 5.37. The summed E-state index contributed by atoms with van der Waals surface area (Å²) in [6.45, 7) is 0. The van der Waals surface area contributed by atoms with Crippen molar-refractivity contribution in [2.24, 2.45) is 0 Å². The van der Waals surface area contributed by atoms with E-state index >= 15 is 0 Å². The molecule has 0 fully saturated rings. The van der Waals surface area contributed by atoms with Crippen molar-refractivity contribution in [3.63, 3.8) is 0 Å². The third kappa shape index (κ3) is 4.15. The Morgan fingerprint density at radius 1 is 0.406 bits per heavy atom. The number of benzene rings is 2. The summed E-state index contributed by atoms with van der Waals surface area (Å²) in [5.41, 5.74) is 2.48. The van der Waals surface area contributed by atoms with Crippen molar-refractivity contribution < 1.29 is 0 Å². The third-order valence-corrected chi connectivity index (χ3v) is 9.89. The lowest BCUT2D eigenvalue weighted by Gasteiger charge is -1.91. The summed E-state index contributed by atoms with van der Waals surface area (Å²) < 4.78 is 5.50. The maximum atomic E-state index is 2.36. The maximum Gasteiger partial charge on any atom is 0.0464 e. The summed E-state index contributed by atoms with van der Waals surface area (Å²) in [6.07, 6.45) is 8.82. The Bertz CT molecular complexity index is 1370. The van der Waals surface area contributed by atoms with E-state index in [2.05, 4.69) is 109 Å². The molecule has 4 heterocycles. The zero-order valence-electron chi connectivity index (χ0n) is 17.0. The van der Waals surface area contributed by atoms with Crippen molar-refractivity contribution in [3.05, 3.63) is 106 Å². The van der Waals surface area contributed by atoms with E-state index in [0.717, 1.165) is 0 Å². The second kappa shape index (κ2) is 8.64. The van der Waals surface area contributed by atoms with Crippen molar-refractivity contribution in [2.75, 3.05) is 0 Å². The first-order valence-electron chi connectivity index (χ1n) is 10.3. The summed E-state index contributed by atoms with van der Waals surface area (Å²) in [5, 5.41) is 0. The largest absolute Gasteiger partial charge is 0.135 e. The first kappa shape index (κ1) is 19.9. The quantitative estimate of drug-likeness (QED) is 0.229. The SMILES string of the molecule is C(=C\c1cc2sc(-c3cc4sc(/C=C/c5ccccc5)cc4s3)cc2s1)/c1ccccc1. The molecule has 4 aromatic heterocycles. The average molecular weight is 483 g/mol. The lowest BCUT2D eigenvalue weighted by atomic mass is 10.2. The van der Waals surface area contributed by atoms with Gasteiger partial charge in [-0.3, -0.25) is 0 Å². The van der Waals surface area contributed by atoms with Gasteiger partial charge in [0.2, 0.25) is 0 Å². The van der Waals surface area contributed by atoms with Crippen LogP contribution in [0.4, 0.5) is 0 Å². The molecule has 6 rings (SSSR count). The van der Waals surface area contributed by atoms with Crippen LogP contribution in [0.25, 0.3) is 52.9 Å². The minimum Gasteiger partial charge on any atom is -0.135 e. The molecule has 0 aliphatic heterocycles. The molecule has 0 spiro atoms. The van der Waals surface area contributed by atoms with Gasteiger partial charge in [0, 0.05) is 38.3 Å². The minimum atomic E-state index is 1.24. The van der Waals surface area contributed by atoms with Gasteiger partial charge < -0.3 is 0 Å². The van der Waals surface area contributed by atoms with E-state index in [1.165, 1.54) is 49.4 Å². The van der Waals surface area contributed by atoms with Crippen LogP contribution in [0.5, 0.6) is 0 Å². The number of thiophene rings is 4. The third-order valence-electron chi connectivity index (χ3n) is 5.17. The average Bonchev–Trinajstić information content (AvgIpc) is 3.56. The van der Waals surface area contributed by atoms with Gasteiger partial charge in [0.1, 0.15) is 0 Å². The van der Waals surface area contributed by atoms with Gasteiger partial charge >= 0.3 is 0 Å². The van der Waals surface area contributed by atoms with Gasteiger partial charge in [-0.25, -0.2) is 0 Å². The first-order valence-corrected chi connectivity index (χ1v) is 13.6. The first-order chi connectivity index (χ1) is 15.8. The Morgan fingerprint density at radius 2 is 0.812 bits per heavy atom. The van der Waals surface area contributed by atoms with Crippen molar-refractivity contribution in [2.45, 2.75) is 0 Å². The highest BCUT2D eigenvalue weighted by molar-refractivity contribution is 7.34. The standard InChI is InChI=1S/C28H18S4/c1-3-7-19(8-4-1)11-13-21-15-23-25(29-21)17-27(31-23)28-18-26-24(32-28)16-22(30-26)14-12-20-9-5-2-6-10-20/h1-18H/b13-11+,14-12+. The van der Waals surface area contributed by atoms with Crippen LogP contribution in [0.15, 0.2) is 84.9 Å². The zero-order chi connectivity index (χ0) is 21.3. The van der Waals surface area contributed by atoms with Gasteiger partial charge in [-0.1, -0.05) is 72.8 Å². The van der Waals surface area contributed by atoms with Crippen LogP contribution in [0.3, 0.4) is 0 Å². The summed E-state index contributed by atoms with van der Waals surface area (Å²) in [7, 11) is 0.